The number of carbonyl (C=O) groups is 6. The van der Waals surface area contributed by atoms with E-state index in [-0.39, 0.29) is 39.3 Å². The van der Waals surface area contributed by atoms with Crippen LogP contribution >= 0.6 is 0 Å². The zero-order chi connectivity index (χ0) is 23.2. The predicted molar refractivity (Wildman–Crippen MR) is 106 cm³/mol. The molecule has 0 aromatic heterocycles. The molecule has 0 radical (unpaired) electrons. The zero-order valence-corrected chi connectivity index (χ0v) is 18.4. The normalized spacial score (nSPS) is 20.2. The van der Waals surface area contributed by atoms with Gasteiger partial charge in [-0.25, -0.2) is 0 Å². The highest BCUT2D eigenvalue weighted by Gasteiger charge is 2.25. The average molecular weight is 426 g/mol. The number of hydrogen-bond donors (Lipinski definition) is 0. The summed E-state index contributed by atoms with van der Waals surface area (Å²) in [6, 6.07) is 0. The fourth-order valence-electron chi connectivity index (χ4n) is 2.47. The molecule has 0 atom stereocenters. The van der Waals surface area contributed by atoms with E-state index in [2.05, 4.69) is 0 Å². The van der Waals surface area contributed by atoms with E-state index in [1.165, 1.54) is 42.3 Å². The van der Waals surface area contributed by atoms with E-state index in [0.717, 1.165) is 29.4 Å². The summed E-state index contributed by atoms with van der Waals surface area (Å²) in [6.07, 6.45) is 0. The molecule has 1 aliphatic heterocycles. The van der Waals surface area contributed by atoms with Crippen molar-refractivity contribution >= 4 is 35.4 Å². The molecule has 0 aliphatic carbocycles. The monoisotopic (exact) mass is 426 g/mol. The first-order valence-corrected chi connectivity index (χ1v) is 9.27. The van der Waals surface area contributed by atoms with Crippen LogP contribution in [0.3, 0.4) is 0 Å². The molecule has 1 rings (SSSR count). The van der Waals surface area contributed by atoms with Crippen molar-refractivity contribution in [1.82, 2.24) is 29.4 Å². The Labute approximate surface area is 175 Å². The van der Waals surface area contributed by atoms with Gasteiger partial charge in [-0.3, -0.25) is 28.8 Å². The van der Waals surface area contributed by atoms with Gasteiger partial charge in [0.25, 0.3) is 0 Å². The van der Waals surface area contributed by atoms with Crippen molar-refractivity contribution in [3.63, 3.8) is 0 Å². The molecular weight excluding hydrogens is 396 g/mol. The van der Waals surface area contributed by atoms with Gasteiger partial charge in [0, 0.05) is 42.3 Å². The molecule has 1 heterocycles. The summed E-state index contributed by atoms with van der Waals surface area (Å²) >= 11 is 0. The van der Waals surface area contributed by atoms with Crippen LogP contribution in [0.5, 0.6) is 0 Å². The van der Waals surface area contributed by atoms with Gasteiger partial charge in [-0.15, -0.1) is 0 Å². The Kier molecular flexibility index (Phi) is 8.75. The summed E-state index contributed by atoms with van der Waals surface area (Å²) in [5, 5.41) is 0. The fourth-order valence-corrected chi connectivity index (χ4v) is 2.47. The molecule has 12 heteroatoms. The summed E-state index contributed by atoms with van der Waals surface area (Å²) < 4.78 is 0. The highest BCUT2D eigenvalue weighted by molar-refractivity contribution is 5.93. The van der Waals surface area contributed by atoms with E-state index >= 15 is 0 Å². The quantitative estimate of drug-likeness (QED) is 0.401. The Balaban J connectivity index is 3.04. The van der Waals surface area contributed by atoms with E-state index in [9.17, 15) is 28.8 Å². The molecule has 0 aromatic rings. The zero-order valence-electron chi connectivity index (χ0n) is 18.4. The van der Waals surface area contributed by atoms with Gasteiger partial charge in [0.05, 0.1) is 39.3 Å². The van der Waals surface area contributed by atoms with Gasteiger partial charge in [-0.05, 0) is 0 Å². The molecule has 0 aromatic carbocycles. The molecule has 0 bridgehead atoms. The predicted octanol–water partition coefficient (Wildman–Crippen LogP) is -3.25. The summed E-state index contributed by atoms with van der Waals surface area (Å²) in [5.74, 6) is -2.77. The summed E-state index contributed by atoms with van der Waals surface area (Å²) in [6.45, 7) is -1.62. The molecule has 6 amide bonds. The van der Waals surface area contributed by atoms with Crippen LogP contribution in [0, 0.1) is 0 Å². The lowest BCUT2D eigenvalue weighted by atomic mass is 10.3. The minimum absolute atomic E-state index is 0.269. The minimum Gasteiger partial charge on any atom is -0.335 e. The summed E-state index contributed by atoms with van der Waals surface area (Å²) in [7, 11) is 8.52. The van der Waals surface area contributed by atoms with E-state index in [4.69, 9.17) is 0 Å². The first-order chi connectivity index (χ1) is 13.8. The van der Waals surface area contributed by atoms with Crippen molar-refractivity contribution in [2.75, 3.05) is 81.6 Å². The van der Waals surface area contributed by atoms with Crippen molar-refractivity contribution in [2.45, 2.75) is 0 Å². The molecule has 0 unspecified atom stereocenters. The topological polar surface area (TPSA) is 122 Å². The number of hydrogen-bond acceptors (Lipinski definition) is 6. The van der Waals surface area contributed by atoms with E-state index in [1.807, 2.05) is 0 Å². The SMILES string of the molecule is CN1CC(=O)N(C)CC(=O)N(C)CC(=O)N(C)CC(=O)N(C)CC(=O)N(C)CC1=O. The van der Waals surface area contributed by atoms with Crippen LogP contribution in [-0.2, 0) is 28.8 Å². The lowest BCUT2D eigenvalue weighted by molar-refractivity contribution is -0.147. The smallest absolute Gasteiger partial charge is 0.242 e. The maximum absolute atomic E-state index is 12.3. The second-order valence-corrected chi connectivity index (χ2v) is 7.50. The third kappa shape index (κ3) is 7.01. The number of amides is 6. The van der Waals surface area contributed by atoms with Crippen molar-refractivity contribution < 1.29 is 28.8 Å². The van der Waals surface area contributed by atoms with Gasteiger partial charge < -0.3 is 29.4 Å². The average Bonchev–Trinajstić information content (AvgIpc) is 2.66. The first kappa shape index (κ1) is 24.9. The van der Waals surface area contributed by atoms with Crippen LogP contribution in [0.1, 0.15) is 0 Å². The Morgan fingerprint density at radius 1 is 0.333 bits per heavy atom. The number of nitrogens with zero attached hydrogens (tertiary/aromatic N) is 6. The molecule has 1 fully saturated rings. The van der Waals surface area contributed by atoms with Gasteiger partial charge in [0.1, 0.15) is 0 Å². The Morgan fingerprint density at radius 2 is 0.433 bits per heavy atom. The Morgan fingerprint density at radius 3 is 0.533 bits per heavy atom. The van der Waals surface area contributed by atoms with Crippen molar-refractivity contribution in [2.24, 2.45) is 0 Å². The number of carbonyl (C=O) groups excluding carboxylic acids is 6. The Bertz CT molecular complexity index is 571. The molecule has 1 saturated heterocycles. The molecule has 0 N–H and O–H groups in total. The maximum atomic E-state index is 12.3. The third-order valence-electron chi connectivity index (χ3n) is 4.79. The minimum atomic E-state index is -0.462. The first-order valence-electron chi connectivity index (χ1n) is 9.27. The summed E-state index contributed by atoms with van der Waals surface area (Å²) in [4.78, 5) is 80.9. The molecule has 12 nitrogen and oxygen atoms in total. The third-order valence-corrected chi connectivity index (χ3v) is 4.79. The molecule has 0 spiro atoms. The fraction of sp³-hybridized carbons (Fsp3) is 0.667. The molecule has 1 aliphatic rings. The van der Waals surface area contributed by atoms with E-state index in [0.29, 0.717) is 0 Å². The van der Waals surface area contributed by atoms with E-state index in [1.54, 1.807) is 0 Å². The number of rotatable bonds is 0. The molecular formula is C18H30N6O6. The lowest BCUT2D eigenvalue weighted by Crippen LogP contribution is -2.50. The lowest BCUT2D eigenvalue weighted by Gasteiger charge is -2.28. The van der Waals surface area contributed by atoms with E-state index < -0.39 is 35.4 Å². The second kappa shape index (κ2) is 10.6. The highest BCUT2D eigenvalue weighted by atomic mass is 16.2. The largest absolute Gasteiger partial charge is 0.335 e. The van der Waals surface area contributed by atoms with Gasteiger partial charge in [-0.2, -0.15) is 0 Å². The van der Waals surface area contributed by atoms with Gasteiger partial charge in [0.2, 0.25) is 35.4 Å². The maximum Gasteiger partial charge on any atom is 0.242 e. The van der Waals surface area contributed by atoms with Crippen LogP contribution in [0.25, 0.3) is 0 Å². The van der Waals surface area contributed by atoms with Crippen molar-refractivity contribution in [1.29, 1.82) is 0 Å². The Hall–Kier alpha value is -3.18. The van der Waals surface area contributed by atoms with Crippen molar-refractivity contribution in [3.8, 4) is 0 Å². The standard InChI is InChI=1S/C18H30N6O6/c1-19-7-14(26)21(3)9-16(28)23(5)11-18(30)24(6)12-17(29)22(4)10-15(27)20(2)8-13(19)25/h7-12H2,1-6H3. The number of likely N-dealkylation sites (N-methyl/N-ethyl adjacent to an activating group) is 6. The van der Waals surface area contributed by atoms with Crippen LogP contribution in [0.15, 0.2) is 0 Å². The second-order valence-electron chi connectivity index (χ2n) is 7.50. The molecule has 0 saturated carbocycles. The van der Waals surface area contributed by atoms with Crippen LogP contribution in [0.4, 0.5) is 0 Å². The highest BCUT2D eigenvalue weighted by Crippen LogP contribution is 1.99. The van der Waals surface area contributed by atoms with Gasteiger partial charge in [0.15, 0.2) is 0 Å². The molecule has 168 valence electrons. The van der Waals surface area contributed by atoms with Crippen LogP contribution in [-0.4, -0.2) is 146 Å². The van der Waals surface area contributed by atoms with Gasteiger partial charge in [-0.1, -0.05) is 0 Å². The van der Waals surface area contributed by atoms with Crippen LogP contribution in [0.2, 0.25) is 0 Å². The van der Waals surface area contributed by atoms with Crippen LogP contribution < -0.4 is 0 Å². The molecule has 30 heavy (non-hydrogen) atoms. The van der Waals surface area contributed by atoms with Crippen molar-refractivity contribution in [3.05, 3.63) is 0 Å². The summed E-state index contributed by atoms with van der Waals surface area (Å²) in [5.41, 5.74) is 0. The van der Waals surface area contributed by atoms with Gasteiger partial charge >= 0.3 is 0 Å².